The molecule has 0 aliphatic carbocycles. The molecule has 0 spiro atoms. The Hall–Kier alpha value is -2.67. The fourth-order valence-corrected chi connectivity index (χ4v) is 4.04. The molecule has 6 nitrogen and oxygen atoms in total. The highest BCUT2D eigenvalue weighted by atomic mass is 32.2. The third-order valence-corrected chi connectivity index (χ3v) is 5.92. The van der Waals surface area contributed by atoms with Crippen molar-refractivity contribution in [3.05, 3.63) is 48.3 Å². The number of nitrogens with zero attached hydrogens (tertiary/aromatic N) is 3. The zero-order valence-corrected chi connectivity index (χ0v) is 17.2. The minimum Gasteiger partial charge on any atom is -0.481 e. The van der Waals surface area contributed by atoms with Crippen LogP contribution in [0.15, 0.2) is 47.6 Å². The van der Waals surface area contributed by atoms with Crippen LogP contribution in [0.2, 0.25) is 0 Å². The van der Waals surface area contributed by atoms with Gasteiger partial charge in [0, 0.05) is 11.8 Å². The molecular formula is C21H23N3O3S. The molecule has 1 atom stereocenters. The van der Waals surface area contributed by atoms with Gasteiger partial charge >= 0.3 is 5.97 Å². The summed E-state index contributed by atoms with van der Waals surface area (Å²) in [6.45, 7) is 7.02. The quantitative estimate of drug-likeness (QED) is 0.599. The van der Waals surface area contributed by atoms with Crippen LogP contribution < -0.4 is 0 Å². The summed E-state index contributed by atoms with van der Waals surface area (Å²) < 4.78 is 1.12. The summed E-state index contributed by atoms with van der Waals surface area (Å²) in [7, 11) is 0. The SMILES string of the molecule is Cc1nnc(SC(C)(C)C(=O)CC(C)C(=O)O)n1-c1cccc2ccccc12. The Morgan fingerprint density at radius 3 is 2.54 bits per heavy atom. The van der Waals surface area contributed by atoms with Crippen molar-refractivity contribution in [2.75, 3.05) is 0 Å². The van der Waals surface area contributed by atoms with Crippen LogP contribution >= 0.6 is 11.8 Å². The summed E-state index contributed by atoms with van der Waals surface area (Å²) in [4.78, 5) is 23.8. The van der Waals surface area contributed by atoms with Gasteiger partial charge in [0.2, 0.25) is 0 Å². The van der Waals surface area contributed by atoms with Gasteiger partial charge in [-0.3, -0.25) is 14.2 Å². The molecule has 28 heavy (non-hydrogen) atoms. The first-order valence-electron chi connectivity index (χ1n) is 9.06. The lowest BCUT2D eigenvalue weighted by atomic mass is 9.97. The molecule has 2 aromatic carbocycles. The van der Waals surface area contributed by atoms with Crippen molar-refractivity contribution < 1.29 is 14.7 Å². The first-order valence-corrected chi connectivity index (χ1v) is 9.87. The van der Waals surface area contributed by atoms with Crippen LogP contribution in [-0.4, -0.2) is 36.4 Å². The predicted octanol–water partition coefficient (Wildman–Crippen LogP) is 4.28. The second kappa shape index (κ2) is 7.75. The summed E-state index contributed by atoms with van der Waals surface area (Å²) in [5.41, 5.74) is 0.949. The Morgan fingerprint density at radius 2 is 1.82 bits per heavy atom. The maximum Gasteiger partial charge on any atom is 0.306 e. The average molecular weight is 398 g/mol. The second-order valence-corrected chi connectivity index (χ2v) is 8.93. The summed E-state index contributed by atoms with van der Waals surface area (Å²) in [5, 5.41) is 20.4. The lowest BCUT2D eigenvalue weighted by molar-refractivity contribution is -0.143. The molecular weight excluding hydrogens is 374 g/mol. The fourth-order valence-electron chi connectivity index (χ4n) is 2.99. The highest BCUT2D eigenvalue weighted by Gasteiger charge is 2.33. The van der Waals surface area contributed by atoms with Crippen LogP contribution in [0.25, 0.3) is 16.5 Å². The Morgan fingerprint density at radius 1 is 1.14 bits per heavy atom. The molecule has 146 valence electrons. The third kappa shape index (κ3) is 3.94. The van der Waals surface area contributed by atoms with Crippen LogP contribution in [0.1, 0.15) is 33.0 Å². The van der Waals surface area contributed by atoms with Crippen LogP contribution in [0.3, 0.4) is 0 Å². The smallest absolute Gasteiger partial charge is 0.306 e. The maximum absolute atomic E-state index is 12.7. The average Bonchev–Trinajstić information content (AvgIpc) is 3.00. The van der Waals surface area contributed by atoms with Crippen molar-refractivity contribution in [3.8, 4) is 5.69 Å². The number of benzene rings is 2. The van der Waals surface area contributed by atoms with E-state index in [1.54, 1.807) is 20.8 Å². The number of carboxylic acid groups (broad SMARTS) is 1. The minimum atomic E-state index is -0.969. The summed E-state index contributed by atoms with van der Waals surface area (Å²) in [6.07, 6.45) is -0.0171. The molecule has 1 heterocycles. The lowest BCUT2D eigenvalue weighted by Crippen LogP contribution is -2.31. The molecule has 7 heteroatoms. The topological polar surface area (TPSA) is 85.1 Å². The number of ketones is 1. The van der Waals surface area contributed by atoms with Crippen molar-refractivity contribution in [1.29, 1.82) is 0 Å². The highest BCUT2D eigenvalue weighted by Crippen LogP contribution is 2.36. The van der Waals surface area contributed by atoms with E-state index >= 15 is 0 Å². The van der Waals surface area contributed by atoms with Crippen LogP contribution in [-0.2, 0) is 9.59 Å². The Balaban J connectivity index is 1.97. The largest absolute Gasteiger partial charge is 0.481 e. The number of hydrogen-bond acceptors (Lipinski definition) is 5. The molecule has 0 saturated carbocycles. The highest BCUT2D eigenvalue weighted by molar-refractivity contribution is 8.01. The Bertz CT molecular complexity index is 1040. The minimum absolute atomic E-state index is 0.0171. The van der Waals surface area contributed by atoms with E-state index in [0.717, 1.165) is 22.3 Å². The zero-order valence-electron chi connectivity index (χ0n) is 16.3. The number of carboxylic acids is 1. The third-order valence-electron chi connectivity index (χ3n) is 4.73. The van der Waals surface area contributed by atoms with Gasteiger partial charge in [0.05, 0.1) is 16.4 Å². The van der Waals surface area contributed by atoms with E-state index in [1.165, 1.54) is 11.8 Å². The summed E-state index contributed by atoms with van der Waals surface area (Å²) >= 11 is 1.31. The van der Waals surface area contributed by atoms with E-state index in [2.05, 4.69) is 10.2 Å². The van der Waals surface area contributed by atoms with Gasteiger partial charge in [-0.1, -0.05) is 55.1 Å². The predicted molar refractivity (Wildman–Crippen MR) is 110 cm³/mol. The number of aromatic nitrogens is 3. The second-order valence-electron chi connectivity index (χ2n) is 7.34. The molecule has 0 aliphatic rings. The normalized spacial score (nSPS) is 12.9. The van der Waals surface area contributed by atoms with E-state index in [4.69, 9.17) is 5.11 Å². The van der Waals surface area contributed by atoms with Gasteiger partial charge in [0.15, 0.2) is 5.16 Å². The Kier molecular flexibility index (Phi) is 5.56. The van der Waals surface area contributed by atoms with Crippen LogP contribution in [0, 0.1) is 12.8 Å². The number of thioether (sulfide) groups is 1. The number of fused-ring (bicyclic) bond motifs is 1. The van der Waals surface area contributed by atoms with Crippen LogP contribution in [0.4, 0.5) is 0 Å². The molecule has 0 amide bonds. The van der Waals surface area contributed by atoms with E-state index in [1.807, 2.05) is 54.0 Å². The van der Waals surface area contributed by atoms with Crippen molar-refractivity contribution in [1.82, 2.24) is 14.8 Å². The van der Waals surface area contributed by atoms with Crippen LogP contribution in [0.5, 0.6) is 0 Å². The van der Waals surface area contributed by atoms with E-state index in [0.29, 0.717) is 5.16 Å². The first-order chi connectivity index (χ1) is 13.2. The monoisotopic (exact) mass is 397 g/mol. The van der Waals surface area contributed by atoms with Gasteiger partial charge in [-0.25, -0.2) is 0 Å². The van der Waals surface area contributed by atoms with E-state index in [9.17, 15) is 9.59 Å². The summed E-state index contributed by atoms with van der Waals surface area (Å²) in [5.74, 6) is -1.09. The number of rotatable bonds is 7. The van der Waals surface area contributed by atoms with Gasteiger partial charge in [-0.2, -0.15) is 0 Å². The van der Waals surface area contributed by atoms with E-state index in [-0.39, 0.29) is 12.2 Å². The maximum atomic E-state index is 12.7. The molecule has 0 aliphatic heterocycles. The van der Waals surface area contributed by atoms with Gasteiger partial charge in [-0.05, 0) is 32.2 Å². The molecule has 0 saturated heterocycles. The zero-order chi connectivity index (χ0) is 20.5. The van der Waals surface area contributed by atoms with Gasteiger partial charge < -0.3 is 5.11 Å². The number of carbonyl (C=O) groups is 2. The number of hydrogen-bond donors (Lipinski definition) is 1. The van der Waals surface area contributed by atoms with Crippen molar-refractivity contribution >= 4 is 34.3 Å². The molecule has 3 rings (SSSR count). The number of carbonyl (C=O) groups excluding carboxylic acids is 1. The van der Waals surface area contributed by atoms with Gasteiger partial charge in [0.1, 0.15) is 11.6 Å². The lowest BCUT2D eigenvalue weighted by Gasteiger charge is -2.23. The van der Waals surface area contributed by atoms with Crippen molar-refractivity contribution in [2.45, 2.75) is 44.0 Å². The molecule has 1 unspecified atom stereocenters. The first kappa shape index (κ1) is 20.1. The van der Waals surface area contributed by atoms with Crippen molar-refractivity contribution in [3.63, 3.8) is 0 Å². The molecule has 3 aromatic rings. The molecule has 1 N–H and O–H groups in total. The number of aliphatic carboxylic acids is 1. The van der Waals surface area contributed by atoms with Gasteiger partial charge in [0.25, 0.3) is 0 Å². The Labute approximate surface area is 168 Å². The standard InChI is InChI=1S/C21H23N3O3S/c1-13(19(26)27)12-18(25)21(3,4)28-20-23-22-14(2)24(20)17-11-7-9-15-8-5-6-10-16(15)17/h5-11,13H,12H2,1-4H3,(H,26,27). The molecule has 1 aromatic heterocycles. The van der Waals surface area contributed by atoms with Crippen molar-refractivity contribution in [2.24, 2.45) is 5.92 Å². The van der Waals surface area contributed by atoms with Gasteiger partial charge in [-0.15, -0.1) is 10.2 Å². The molecule has 0 fully saturated rings. The summed E-state index contributed by atoms with van der Waals surface area (Å²) in [6, 6.07) is 14.1. The van der Waals surface area contributed by atoms with E-state index < -0.39 is 16.6 Å². The number of aryl methyl sites for hydroxylation is 1. The fraction of sp³-hybridized carbons (Fsp3) is 0.333. The molecule has 0 radical (unpaired) electrons. The molecule has 0 bridgehead atoms. The number of Topliss-reactive ketones (excluding diaryl/α,β-unsaturated/α-hetero) is 1.